The smallest absolute Gasteiger partial charge is 0.133 e. The summed E-state index contributed by atoms with van der Waals surface area (Å²) in [6, 6.07) is 19.2. The van der Waals surface area contributed by atoms with Crippen molar-refractivity contribution in [1.82, 2.24) is 9.80 Å². The number of aliphatic hydroxyl groups excluding tert-OH is 1. The van der Waals surface area contributed by atoms with Crippen molar-refractivity contribution < 1.29 is 14.3 Å². The summed E-state index contributed by atoms with van der Waals surface area (Å²) in [5.41, 5.74) is 4.98. The Balaban J connectivity index is 1.25. The molecule has 0 unspecified atom stereocenters. The number of ether oxygens (including phenoxy) is 1. The minimum absolute atomic E-state index is 0.126. The molecule has 162 valence electrons. The highest BCUT2D eigenvalue weighted by atomic mass is 16.5. The Morgan fingerprint density at radius 2 is 1.65 bits per heavy atom. The van der Waals surface area contributed by atoms with Gasteiger partial charge in [-0.2, -0.15) is 0 Å². The van der Waals surface area contributed by atoms with Crippen LogP contribution < -0.4 is 4.74 Å². The minimum atomic E-state index is -0.126. The molecule has 1 fully saturated rings. The second kappa shape index (κ2) is 9.27. The SMILES string of the molecule is OC1CCN(Cc2ccc3c(c2)CN(Cc2ccc(-c4ccco4)cc2)CCO3)CC1. The maximum absolute atomic E-state index is 9.74. The molecule has 5 heteroatoms. The summed E-state index contributed by atoms with van der Waals surface area (Å²) in [5.74, 6) is 1.91. The Labute approximate surface area is 183 Å². The van der Waals surface area contributed by atoms with Crippen LogP contribution in [0.5, 0.6) is 5.75 Å². The van der Waals surface area contributed by atoms with Gasteiger partial charge in [0.15, 0.2) is 0 Å². The van der Waals surface area contributed by atoms with Crippen LogP contribution in [-0.2, 0) is 19.6 Å². The molecule has 0 atom stereocenters. The fraction of sp³-hybridized carbons (Fsp3) is 0.385. The van der Waals surface area contributed by atoms with Gasteiger partial charge in [0.25, 0.3) is 0 Å². The van der Waals surface area contributed by atoms with Crippen molar-refractivity contribution >= 4 is 0 Å². The minimum Gasteiger partial charge on any atom is -0.492 e. The van der Waals surface area contributed by atoms with E-state index >= 15 is 0 Å². The third-order valence-electron chi connectivity index (χ3n) is 6.31. The van der Waals surface area contributed by atoms with Gasteiger partial charge in [0.1, 0.15) is 18.1 Å². The molecule has 0 amide bonds. The van der Waals surface area contributed by atoms with E-state index in [0.717, 1.165) is 69.2 Å². The van der Waals surface area contributed by atoms with E-state index in [9.17, 15) is 5.11 Å². The van der Waals surface area contributed by atoms with Crippen molar-refractivity contribution in [3.63, 3.8) is 0 Å². The molecule has 1 saturated heterocycles. The normalized spacial score (nSPS) is 18.4. The second-order valence-corrected chi connectivity index (χ2v) is 8.68. The Morgan fingerprint density at radius 3 is 2.42 bits per heavy atom. The number of hydrogen-bond donors (Lipinski definition) is 1. The zero-order valence-electron chi connectivity index (χ0n) is 17.9. The predicted octanol–water partition coefficient (Wildman–Crippen LogP) is 4.30. The number of nitrogens with zero attached hydrogens (tertiary/aromatic N) is 2. The first-order valence-electron chi connectivity index (χ1n) is 11.2. The van der Waals surface area contributed by atoms with Gasteiger partial charge in [-0.25, -0.2) is 0 Å². The predicted molar refractivity (Wildman–Crippen MR) is 121 cm³/mol. The number of hydrogen-bond acceptors (Lipinski definition) is 5. The molecule has 0 saturated carbocycles. The monoisotopic (exact) mass is 418 g/mol. The number of furan rings is 1. The summed E-state index contributed by atoms with van der Waals surface area (Å²) in [4.78, 5) is 4.89. The van der Waals surface area contributed by atoms with Gasteiger partial charge in [0, 0.05) is 50.4 Å². The third kappa shape index (κ3) is 5.01. The van der Waals surface area contributed by atoms with E-state index in [1.54, 1.807) is 6.26 Å². The Kier molecular flexibility index (Phi) is 6.07. The number of rotatable bonds is 5. The van der Waals surface area contributed by atoms with Crippen LogP contribution in [0, 0.1) is 0 Å². The summed E-state index contributed by atoms with van der Waals surface area (Å²) in [6.07, 6.45) is 3.33. The van der Waals surface area contributed by atoms with Crippen molar-refractivity contribution in [3.8, 4) is 17.1 Å². The Bertz CT molecular complexity index is 976. The zero-order chi connectivity index (χ0) is 21.0. The highest BCUT2D eigenvalue weighted by molar-refractivity contribution is 5.57. The topological polar surface area (TPSA) is 49.1 Å². The molecule has 0 aliphatic carbocycles. The van der Waals surface area contributed by atoms with Crippen LogP contribution in [0.3, 0.4) is 0 Å². The van der Waals surface area contributed by atoms with E-state index in [-0.39, 0.29) is 6.10 Å². The average molecular weight is 419 g/mol. The van der Waals surface area contributed by atoms with Gasteiger partial charge in [-0.15, -0.1) is 0 Å². The summed E-state index contributed by atoms with van der Waals surface area (Å²) in [5, 5.41) is 9.74. The first-order valence-corrected chi connectivity index (χ1v) is 11.2. The molecule has 1 N–H and O–H groups in total. The van der Waals surface area contributed by atoms with Crippen LogP contribution >= 0.6 is 0 Å². The second-order valence-electron chi connectivity index (χ2n) is 8.68. The maximum Gasteiger partial charge on any atom is 0.133 e. The van der Waals surface area contributed by atoms with Crippen molar-refractivity contribution in [1.29, 1.82) is 0 Å². The fourth-order valence-electron chi connectivity index (χ4n) is 4.55. The van der Waals surface area contributed by atoms with Crippen LogP contribution in [0.1, 0.15) is 29.5 Å². The first-order chi connectivity index (χ1) is 15.2. The number of piperidine rings is 1. The van der Waals surface area contributed by atoms with E-state index in [1.807, 2.05) is 12.1 Å². The van der Waals surface area contributed by atoms with Gasteiger partial charge in [-0.1, -0.05) is 30.3 Å². The van der Waals surface area contributed by atoms with Crippen LogP contribution in [0.25, 0.3) is 11.3 Å². The van der Waals surface area contributed by atoms with E-state index in [0.29, 0.717) is 6.61 Å². The molecule has 1 aromatic heterocycles. The standard InChI is InChI=1S/C26H30N2O3/c29-24-9-11-27(12-10-24)18-21-5-8-26-23(16-21)19-28(13-15-31-26)17-20-3-6-22(7-4-20)25-2-1-14-30-25/h1-8,14,16,24,29H,9-13,15,17-19H2. The summed E-state index contributed by atoms with van der Waals surface area (Å²) in [6.45, 7) is 6.28. The molecule has 2 aliphatic heterocycles. The third-order valence-corrected chi connectivity index (χ3v) is 6.31. The lowest BCUT2D eigenvalue weighted by Gasteiger charge is -2.29. The zero-order valence-corrected chi connectivity index (χ0v) is 17.9. The lowest BCUT2D eigenvalue weighted by atomic mass is 10.0. The maximum atomic E-state index is 9.74. The van der Waals surface area contributed by atoms with Gasteiger partial charge in [-0.3, -0.25) is 9.80 Å². The van der Waals surface area contributed by atoms with Gasteiger partial charge >= 0.3 is 0 Å². The lowest BCUT2D eigenvalue weighted by molar-refractivity contribution is 0.0792. The largest absolute Gasteiger partial charge is 0.492 e. The molecule has 5 nitrogen and oxygen atoms in total. The molecular weight excluding hydrogens is 388 g/mol. The Morgan fingerprint density at radius 1 is 0.871 bits per heavy atom. The highest BCUT2D eigenvalue weighted by Crippen LogP contribution is 2.27. The van der Waals surface area contributed by atoms with Crippen LogP contribution in [0.4, 0.5) is 0 Å². The molecule has 0 radical (unpaired) electrons. The van der Waals surface area contributed by atoms with E-state index in [4.69, 9.17) is 9.15 Å². The summed E-state index contributed by atoms with van der Waals surface area (Å²) in [7, 11) is 0. The van der Waals surface area contributed by atoms with E-state index in [1.165, 1.54) is 16.7 Å². The van der Waals surface area contributed by atoms with Gasteiger partial charge in [-0.05, 0) is 48.2 Å². The number of aliphatic hydroxyl groups is 1. The molecule has 3 aromatic rings. The first kappa shape index (κ1) is 20.3. The van der Waals surface area contributed by atoms with Gasteiger partial charge < -0.3 is 14.3 Å². The fourth-order valence-corrected chi connectivity index (χ4v) is 4.55. The van der Waals surface area contributed by atoms with E-state index in [2.05, 4.69) is 52.3 Å². The molecule has 31 heavy (non-hydrogen) atoms. The number of benzene rings is 2. The molecule has 3 heterocycles. The van der Waals surface area contributed by atoms with E-state index < -0.39 is 0 Å². The molecule has 0 bridgehead atoms. The van der Waals surface area contributed by atoms with Gasteiger partial charge in [0.2, 0.25) is 0 Å². The molecule has 5 rings (SSSR count). The summed E-state index contributed by atoms with van der Waals surface area (Å²) >= 11 is 0. The summed E-state index contributed by atoms with van der Waals surface area (Å²) < 4.78 is 11.5. The lowest BCUT2D eigenvalue weighted by Crippen LogP contribution is -2.35. The Hall–Kier alpha value is -2.60. The van der Waals surface area contributed by atoms with Crippen LogP contribution in [0.2, 0.25) is 0 Å². The molecule has 2 aliphatic rings. The quantitative estimate of drug-likeness (QED) is 0.670. The average Bonchev–Trinajstić information content (AvgIpc) is 3.25. The van der Waals surface area contributed by atoms with Crippen molar-refractivity contribution in [3.05, 3.63) is 77.6 Å². The molecule has 2 aromatic carbocycles. The highest BCUT2D eigenvalue weighted by Gasteiger charge is 2.19. The van der Waals surface area contributed by atoms with Crippen molar-refractivity contribution in [2.75, 3.05) is 26.2 Å². The molecular formula is C26H30N2O3. The van der Waals surface area contributed by atoms with Gasteiger partial charge in [0.05, 0.1) is 12.4 Å². The van der Waals surface area contributed by atoms with Crippen molar-refractivity contribution in [2.45, 2.75) is 38.6 Å². The number of likely N-dealkylation sites (tertiary alicyclic amines) is 1. The van der Waals surface area contributed by atoms with Crippen LogP contribution in [-0.4, -0.2) is 47.3 Å². The van der Waals surface area contributed by atoms with Crippen LogP contribution in [0.15, 0.2) is 65.3 Å². The van der Waals surface area contributed by atoms with Crippen molar-refractivity contribution in [2.24, 2.45) is 0 Å². The number of fused-ring (bicyclic) bond motifs is 1. The molecule has 0 spiro atoms.